The Balaban J connectivity index is 4.10. The lowest BCUT2D eigenvalue weighted by molar-refractivity contribution is 0.237. The van der Waals surface area contributed by atoms with Crippen molar-refractivity contribution in [3.8, 4) is 0 Å². The van der Waals surface area contributed by atoms with Crippen molar-refractivity contribution in [2.24, 2.45) is 5.92 Å². The lowest BCUT2D eigenvalue weighted by Gasteiger charge is -2.37. The summed E-state index contributed by atoms with van der Waals surface area (Å²) < 4.78 is 6.15. The molecule has 0 aliphatic rings. The number of allylic oxidation sites excluding steroid dienone is 1. The maximum Gasteiger partial charge on any atom is 0.191 e. The molecule has 0 aliphatic heterocycles. The molecule has 0 saturated heterocycles. The minimum Gasteiger partial charge on any atom is -0.417 e. The second-order valence-electron chi connectivity index (χ2n) is 6.34. The smallest absolute Gasteiger partial charge is 0.191 e. The van der Waals surface area contributed by atoms with E-state index in [1.54, 1.807) is 0 Å². The molecule has 0 rings (SSSR count). The summed E-state index contributed by atoms with van der Waals surface area (Å²) in [6.07, 6.45) is 1.08. The van der Waals surface area contributed by atoms with Gasteiger partial charge in [-0.3, -0.25) is 0 Å². The Labute approximate surface area is 97.0 Å². The van der Waals surface area contributed by atoms with Gasteiger partial charge in [-0.1, -0.05) is 33.3 Å². The Morgan fingerprint density at radius 1 is 1.33 bits per heavy atom. The van der Waals surface area contributed by atoms with E-state index in [1.165, 1.54) is 5.57 Å². The molecule has 15 heavy (non-hydrogen) atoms. The maximum absolute atomic E-state index is 6.15. The van der Waals surface area contributed by atoms with E-state index in [1.807, 2.05) is 0 Å². The highest BCUT2D eigenvalue weighted by molar-refractivity contribution is 6.74. The third kappa shape index (κ3) is 5.52. The Morgan fingerprint density at radius 3 is 2.13 bits per heavy atom. The highest BCUT2D eigenvalue weighted by Crippen LogP contribution is 2.36. The van der Waals surface area contributed by atoms with Crippen LogP contribution in [0.25, 0.3) is 0 Å². The zero-order valence-electron chi connectivity index (χ0n) is 11.6. The highest BCUT2D eigenvalue weighted by Gasteiger charge is 2.37. The summed E-state index contributed by atoms with van der Waals surface area (Å²) in [5.74, 6) is 0.594. The third-order valence-electron chi connectivity index (χ3n) is 3.23. The summed E-state index contributed by atoms with van der Waals surface area (Å²) in [7, 11) is -1.55. The average Bonchev–Trinajstić information content (AvgIpc) is 1.97. The second-order valence-corrected chi connectivity index (χ2v) is 11.1. The van der Waals surface area contributed by atoms with Crippen LogP contribution in [0.1, 0.15) is 41.0 Å². The standard InChI is InChI=1S/C13H28OSi/c1-11(2)9-12(3)10-14-15(7,8)13(4,5)6/h12H,1,9-10H2,2-8H3. The van der Waals surface area contributed by atoms with Gasteiger partial charge in [0, 0.05) is 6.61 Å². The topological polar surface area (TPSA) is 9.23 Å². The minimum absolute atomic E-state index is 0.315. The van der Waals surface area contributed by atoms with Gasteiger partial charge in [0.25, 0.3) is 0 Å². The number of hydrogen-bond donors (Lipinski definition) is 0. The fraction of sp³-hybridized carbons (Fsp3) is 0.846. The van der Waals surface area contributed by atoms with E-state index in [-0.39, 0.29) is 0 Å². The normalized spacial score (nSPS) is 15.1. The first kappa shape index (κ1) is 14.9. The van der Waals surface area contributed by atoms with Crippen LogP contribution in [0, 0.1) is 5.92 Å². The van der Waals surface area contributed by atoms with Crippen LogP contribution in [0.4, 0.5) is 0 Å². The zero-order valence-corrected chi connectivity index (χ0v) is 12.6. The van der Waals surface area contributed by atoms with E-state index >= 15 is 0 Å². The van der Waals surface area contributed by atoms with Crippen molar-refractivity contribution in [1.29, 1.82) is 0 Å². The van der Waals surface area contributed by atoms with Crippen molar-refractivity contribution in [2.75, 3.05) is 6.61 Å². The predicted octanol–water partition coefficient (Wildman–Crippen LogP) is 4.61. The van der Waals surface area contributed by atoms with Crippen LogP contribution in [0.2, 0.25) is 18.1 Å². The van der Waals surface area contributed by atoms with Gasteiger partial charge in [0.2, 0.25) is 0 Å². The predicted molar refractivity (Wildman–Crippen MR) is 71.7 cm³/mol. The fourth-order valence-corrected chi connectivity index (χ4v) is 2.36. The molecule has 0 saturated carbocycles. The van der Waals surface area contributed by atoms with Gasteiger partial charge in [-0.05, 0) is 37.4 Å². The molecule has 0 aromatic carbocycles. The molecule has 0 amide bonds. The van der Waals surface area contributed by atoms with Crippen molar-refractivity contribution < 1.29 is 4.43 Å². The van der Waals surface area contributed by atoms with Gasteiger partial charge in [-0.15, -0.1) is 6.58 Å². The van der Waals surface area contributed by atoms with Crippen molar-refractivity contribution in [3.05, 3.63) is 12.2 Å². The van der Waals surface area contributed by atoms with E-state index < -0.39 is 8.32 Å². The van der Waals surface area contributed by atoms with Crippen LogP contribution in [-0.2, 0) is 4.43 Å². The van der Waals surface area contributed by atoms with E-state index in [0.717, 1.165) is 13.0 Å². The summed E-state index contributed by atoms with van der Waals surface area (Å²) in [6, 6.07) is 0. The largest absolute Gasteiger partial charge is 0.417 e. The summed E-state index contributed by atoms with van der Waals surface area (Å²) >= 11 is 0. The quantitative estimate of drug-likeness (QED) is 0.493. The van der Waals surface area contributed by atoms with E-state index in [0.29, 0.717) is 11.0 Å². The highest BCUT2D eigenvalue weighted by atomic mass is 28.4. The lowest BCUT2D eigenvalue weighted by atomic mass is 10.1. The molecular weight excluding hydrogens is 200 g/mol. The Hall–Kier alpha value is -0.0831. The Bertz CT molecular complexity index is 213. The SMILES string of the molecule is C=C(C)CC(C)CO[Si](C)(C)C(C)(C)C. The molecule has 0 N–H and O–H groups in total. The van der Waals surface area contributed by atoms with Crippen molar-refractivity contribution in [2.45, 2.75) is 59.2 Å². The van der Waals surface area contributed by atoms with Crippen molar-refractivity contribution in [3.63, 3.8) is 0 Å². The van der Waals surface area contributed by atoms with Crippen LogP contribution in [0.15, 0.2) is 12.2 Å². The first-order valence-electron chi connectivity index (χ1n) is 5.84. The summed E-state index contributed by atoms with van der Waals surface area (Å²) in [5.41, 5.74) is 1.25. The molecule has 1 nitrogen and oxygen atoms in total. The molecule has 1 unspecified atom stereocenters. The molecule has 2 heteroatoms. The Morgan fingerprint density at radius 2 is 1.80 bits per heavy atom. The molecule has 0 heterocycles. The second kappa shape index (κ2) is 5.31. The minimum atomic E-state index is -1.55. The Kier molecular flexibility index (Phi) is 5.28. The third-order valence-corrected chi connectivity index (χ3v) is 7.73. The van der Waals surface area contributed by atoms with Crippen LogP contribution in [0.5, 0.6) is 0 Å². The molecule has 90 valence electrons. The number of hydrogen-bond acceptors (Lipinski definition) is 1. The number of rotatable bonds is 5. The summed E-state index contributed by atoms with van der Waals surface area (Å²) in [6.45, 7) is 20.6. The summed E-state index contributed by atoms with van der Waals surface area (Å²) in [5, 5.41) is 0.315. The van der Waals surface area contributed by atoms with Crippen molar-refractivity contribution >= 4 is 8.32 Å². The van der Waals surface area contributed by atoms with Crippen molar-refractivity contribution in [1.82, 2.24) is 0 Å². The molecule has 0 bridgehead atoms. The van der Waals surface area contributed by atoms with Crippen LogP contribution >= 0.6 is 0 Å². The fourth-order valence-electron chi connectivity index (χ4n) is 1.22. The molecule has 0 radical (unpaired) electrons. The lowest BCUT2D eigenvalue weighted by Crippen LogP contribution is -2.41. The maximum atomic E-state index is 6.15. The van der Waals surface area contributed by atoms with E-state index in [9.17, 15) is 0 Å². The molecule has 0 aromatic heterocycles. The van der Waals surface area contributed by atoms with Gasteiger partial charge >= 0.3 is 0 Å². The summed E-state index contributed by atoms with van der Waals surface area (Å²) in [4.78, 5) is 0. The van der Waals surface area contributed by atoms with Crippen LogP contribution in [-0.4, -0.2) is 14.9 Å². The monoisotopic (exact) mass is 228 g/mol. The molecule has 0 aromatic rings. The van der Waals surface area contributed by atoms with Gasteiger partial charge in [0.05, 0.1) is 0 Å². The molecular formula is C13H28OSi. The van der Waals surface area contributed by atoms with Gasteiger partial charge in [-0.25, -0.2) is 0 Å². The zero-order chi connectivity index (χ0) is 12.3. The van der Waals surface area contributed by atoms with Crippen LogP contribution in [0.3, 0.4) is 0 Å². The molecule has 0 aliphatic carbocycles. The molecule has 0 spiro atoms. The average molecular weight is 228 g/mol. The molecule has 1 atom stereocenters. The first-order chi connectivity index (χ1) is 6.56. The van der Waals surface area contributed by atoms with Crippen LogP contribution < -0.4 is 0 Å². The first-order valence-corrected chi connectivity index (χ1v) is 8.75. The van der Waals surface area contributed by atoms with Gasteiger partial charge in [-0.2, -0.15) is 0 Å². The van der Waals surface area contributed by atoms with Gasteiger partial charge in [0.15, 0.2) is 8.32 Å². The van der Waals surface area contributed by atoms with Gasteiger partial charge in [0.1, 0.15) is 0 Å². The van der Waals surface area contributed by atoms with E-state index in [4.69, 9.17) is 4.43 Å². The van der Waals surface area contributed by atoms with E-state index in [2.05, 4.69) is 54.3 Å². The van der Waals surface area contributed by atoms with Gasteiger partial charge < -0.3 is 4.43 Å². The molecule has 0 fully saturated rings.